The highest BCUT2D eigenvalue weighted by Gasteiger charge is 2.08. The van der Waals surface area contributed by atoms with E-state index in [9.17, 15) is 0 Å². The fraction of sp³-hybridized carbons (Fsp3) is 0.0303. The Bertz CT molecular complexity index is 1460. The number of hydrogen-bond acceptors (Lipinski definition) is 1. The van der Waals surface area contributed by atoms with Crippen molar-refractivity contribution in [2.45, 2.75) is 0 Å². The van der Waals surface area contributed by atoms with Gasteiger partial charge in [0.15, 0.2) is 0 Å². The van der Waals surface area contributed by atoms with Crippen LogP contribution in [0.3, 0.4) is 0 Å². The van der Waals surface area contributed by atoms with Crippen molar-refractivity contribution in [3.8, 4) is 22.3 Å². The molecule has 0 radical (unpaired) electrons. The first kappa shape index (κ1) is 20.3. The van der Waals surface area contributed by atoms with Crippen molar-refractivity contribution in [3.63, 3.8) is 0 Å². The molecule has 0 heterocycles. The largest absolute Gasteiger partial charge is 0.345 e. The number of fused-ring (bicyclic) bond motifs is 2. The molecule has 1 nitrogen and oxygen atoms in total. The van der Waals surface area contributed by atoms with Crippen LogP contribution < -0.4 is 4.90 Å². The van der Waals surface area contributed by atoms with Crippen LogP contribution in [0.1, 0.15) is 0 Å². The molecule has 0 aliphatic carbocycles. The quantitative estimate of drug-likeness (QED) is 0.267. The molecule has 0 spiro atoms. The van der Waals surface area contributed by atoms with Gasteiger partial charge in [0.05, 0.1) is 0 Å². The van der Waals surface area contributed by atoms with Gasteiger partial charge in [-0.25, -0.2) is 0 Å². The summed E-state index contributed by atoms with van der Waals surface area (Å²) in [5, 5.41) is 5.12. The number of nitrogens with zero attached hydrogens (tertiary/aromatic N) is 1. The molecule has 162 valence electrons. The van der Waals surface area contributed by atoms with E-state index in [-0.39, 0.29) is 0 Å². The summed E-state index contributed by atoms with van der Waals surface area (Å²) >= 11 is 0. The minimum absolute atomic E-state index is 1.17. The monoisotopic (exact) mass is 435 g/mol. The normalized spacial score (nSPS) is 11.1. The molecule has 0 unspecified atom stereocenters. The molecular formula is C33H25N. The fourth-order valence-electron chi connectivity index (χ4n) is 4.83. The maximum Gasteiger partial charge on any atom is 0.0408 e. The smallest absolute Gasteiger partial charge is 0.0408 e. The van der Waals surface area contributed by atoms with Gasteiger partial charge in [0.1, 0.15) is 0 Å². The summed E-state index contributed by atoms with van der Waals surface area (Å²) in [5.74, 6) is 0. The van der Waals surface area contributed by atoms with Crippen molar-refractivity contribution < 1.29 is 0 Å². The van der Waals surface area contributed by atoms with E-state index in [1.165, 1.54) is 55.2 Å². The molecule has 0 fully saturated rings. The third-order valence-corrected chi connectivity index (χ3v) is 6.71. The van der Waals surface area contributed by atoms with E-state index in [1.807, 2.05) is 0 Å². The molecule has 0 amide bonds. The second-order valence-electron chi connectivity index (χ2n) is 8.71. The topological polar surface area (TPSA) is 3.24 Å². The summed E-state index contributed by atoms with van der Waals surface area (Å²) in [6, 6.07) is 47.8. The Hall–Kier alpha value is -4.36. The van der Waals surface area contributed by atoms with Crippen LogP contribution in [0.5, 0.6) is 0 Å². The lowest BCUT2D eigenvalue weighted by molar-refractivity contribution is 1.21. The van der Waals surface area contributed by atoms with Crippen molar-refractivity contribution in [2.75, 3.05) is 11.9 Å². The van der Waals surface area contributed by atoms with Crippen molar-refractivity contribution in [2.24, 2.45) is 0 Å². The zero-order valence-electron chi connectivity index (χ0n) is 19.1. The molecular weight excluding hydrogens is 410 g/mol. The maximum absolute atomic E-state index is 2.24. The van der Waals surface area contributed by atoms with Crippen LogP contribution in [-0.4, -0.2) is 7.05 Å². The average molecular weight is 436 g/mol. The predicted molar refractivity (Wildman–Crippen MR) is 147 cm³/mol. The molecule has 6 rings (SSSR count). The second-order valence-corrected chi connectivity index (χ2v) is 8.71. The Morgan fingerprint density at radius 1 is 0.382 bits per heavy atom. The van der Waals surface area contributed by atoms with Gasteiger partial charge in [0.25, 0.3) is 0 Å². The van der Waals surface area contributed by atoms with Gasteiger partial charge in [-0.3, -0.25) is 0 Å². The first-order valence-corrected chi connectivity index (χ1v) is 11.7. The van der Waals surface area contributed by atoms with Gasteiger partial charge < -0.3 is 4.90 Å². The highest BCUT2D eigenvalue weighted by molar-refractivity contribution is 5.97. The summed E-state index contributed by atoms with van der Waals surface area (Å²) in [4.78, 5) is 2.24. The van der Waals surface area contributed by atoms with Crippen LogP contribution in [0.4, 0.5) is 11.4 Å². The zero-order chi connectivity index (χ0) is 22.9. The highest BCUT2D eigenvalue weighted by Crippen LogP contribution is 2.33. The second kappa shape index (κ2) is 8.53. The maximum atomic E-state index is 2.24. The van der Waals surface area contributed by atoms with E-state index < -0.39 is 0 Å². The Morgan fingerprint density at radius 2 is 0.765 bits per heavy atom. The van der Waals surface area contributed by atoms with E-state index >= 15 is 0 Å². The van der Waals surface area contributed by atoms with Gasteiger partial charge in [0.2, 0.25) is 0 Å². The zero-order valence-corrected chi connectivity index (χ0v) is 19.1. The van der Waals surface area contributed by atoms with E-state index in [0.717, 1.165) is 0 Å². The van der Waals surface area contributed by atoms with Gasteiger partial charge in [-0.15, -0.1) is 0 Å². The molecule has 6 aromatic carbocycles. The minimum Gasteiger partial charge on any atom is -0.345 e. The Balaban J connectivity index is 1.28. The van der Waals surface area contributed by atoms with E-state index in [4.69, 9.17) is 0 Å². The van der Waals surface area contributed by atoms with Crippen molar-refractivity contribution >= 4 is 32.9 Å². The Kier molecular flexibility index (Phi) is 5.08. The van der Waals surface area contributed by atoms with Crippen molar-refractivity contribution in [3.05, 3.63) is 133 Å². The molecule has 0 saturated carbocycles. The summed E-state index contributed by atoms with van der Waals surface area (Å²) in [6.45, 7) is 0. The predicted octanol–water partition coefficient (Wildman–Crippen LogP) is 9.09. The Labute approximate surface area is 200 Å². The standard InChI is InChI=1S/C33H25N/c1-34(28-20-16-26(17-21-28)32-14-6-10-24-8-2-4-12-30(24)32)29-22-18-27(19-23-29)33-15-7-11-25-9-3-5-13-31(25)33/h2-23H,1H3. The minimum atomic E-state index is 1.17. The molecule has 0 saturated heterocycles. The summed E-state index contributed by atoms with van der Waals surface area (Å²) in [6.07, 6.45) is 0. The summed E-state index contributed by atoms with van der Waals surface area (Å²) in [5.41, 5.74) is 7.35. The first-order chi connectivity index (χ1) is 16.8. The molecule has 0 aliphatic rings. The number of hydrogen-bond donors (Lipinski definition) is 0. The van der Waals surface area contributed by atoms with Crippen molar-refractivity contribution in [1.82, 2.24) is 0 Å². The molecule has 6 aromatic rings. The van der Waals surface area contributed by atoms with E-state index in [1.54, 1.807) is 0 Å². The molecule has 0 atom stereocenters. The van der Waals surface area contributed by atoms with Crippen molar-refractivity contribution in [1.29, 1.82) is 0 Å². The Morgan fingerprint density at radius 3 is 1.21 bits per heavy atom. The lowest BCUT2D eigenvalue weighted by Crippen LogP contribution is -2.08. The molecule has 1 heteroatoms. The lowest BCUT2D eigenvalue weighted by atomic mass is 9.97. The van der Waals surface area contributed by atoms with Gasteiger partial charge in [-0.05, 0) is 68.1 Å². The first-order valence-electron chi connectivity index (χ1n) is 11.7. The highest BCUT2D eigenvalue weighted by atomic mass is 15.1. The van der Waals surface area contributed by atoms with E-state index in [2.05, 4.69) is 145 Å². The van der Waals surface area contributed by atoms with Crippen LogP contribution in [0.2, 0.25) is 0 Å². The van der Waals surface area contributed by atoms with Gasteiger partial charge in [-0.2, -0.15) is 0 Å². The SMILES string of the molecule is CN(c1ccc(-c2cccc3ccccc23)cc1)c1ccc(-c2cccc3ccccc23)cc1. The van der Waals surface area contributed by atoms with Crippen LogP contribution in [0, 0.1) is 0 Å². The number of anilines is 2. The summed E-state index contributed by atoms with van der Waals surface area (Å²) < 4.78 is 0. The van der Waals surface area contributed by atoms with Crippen LogP contribution >= 0.6 is 0 Å². The van der Waals surface area contributed by atoms with Crippen LogP contribution in [-0.2, 0) is 0 Å². The third kappa shape index (κ3) is 3.62. The van der Waals surface area contributed by atoms with Gasteiger partial charge in [0, 0.05) is 18.4 Å². The fourth-order valence-corrected chi connectivity index (χ4v) is 4.83. The molecule has 0 aliphatic heterocycles. The third-order valence-electron chi connectivity index (χ3n) is 6.71. The molecule has 0 aromatic heterocycles. The van der Waals surface area contributed by atoms with Crippen LogP contribution in [0.25, 0.3) is 43.8 Å². The van der Waals surface area contributed by atoms with E-state index in [0.29, 0.717) is 0 Å². The van der Waals surface area contributed by atoms with Gasteiger partial charge in [-0.1, -0.05) is 109 Å². The van der Waals surface area contributed by atoms with Gasteiger partial charge >= 0.3 is 0 Å². The number of rotatable bonds is 4. The molecule has 34 heavy (non-hydrogen) atoms. The molecule has 0 N–H and O–H groups in total. The lowest BCUT2D eigenvalue weighted by Gasteiger charge is -2.20. The van der Waals surface area contributed by atoms with Crippen LogP contribution in [0.15, 0.2) is 133 Å². The summed E-state index contributed by atoms with van der Waals surface area (Å²) in [7, 11) is 2.12. The average Bonchev–Trinajstić information content (AvgIpc) is 2.92. The number of benzene rings is 6. The molecule has 0 bridgehead atoms.